The van der Waals surface area contributed by atoms with E-state index in [0.29, 0.717) is 24.0 Å². The van der Waals surface area contributed by atoms with Gasteiger partial charge in [-0.3, -0.25) is 0 Å². The molecule has 2 fully saturated rings. The number of ether oxygens (including phenoxy) is 6. The van der Waals surface area contributed by atoms with Crippen LogP contribution in [0.2, 0.25) is 0 Å². The van der Waals surface area contributed by atoms with Crippen molar-refractivity contribution < 1.29 is 74.4 Å². The van der Waals surface area contributed by atoms with Crippen molar-refractivity contribution in [3.63, 3.8) is 0 Å². The average Bonchev–Trinajstić information content (AvgIpc) is 3.44. The van der Waals surface area contributed by atoms with E-state index in [1.54, 1.807) is 24.3 Å². The average molecular weight is 655 g/mol. The quantitative estimate of drug-likeness (QED) is 0.130. The summed E-state index contributed by atoms with van der Waals surface area (Å²) in [6.45, 7) is 0.477. The summed E-state index contributed by atoms with van der Waals surface area (Å²) in [5.74, 6) is 0.118. The molecule has 0 aliphatic carbocycles. The molecule has 256 valence electrons. The zero-order chi connectivity index (χ0) is 33.3. The van der Waals surface area contributed by atoms with E-state index in [1.807, 2.05) is 6.07 Å². The summed E-state index contributed by atoms with van der Waals surface area (Å²) >= 11 is 0. The molecule has 5 rings (SSSR count). The van der Waals surface area contributed by atoms with Crippen LogP contribution in [0.5, 0.6) is 23.0 Å². The number of aliphatic hydroxyl groups excluding tert-OH is 9. The number of benzene rings is 2. The van der Waals surface area contributed by atoms with E-state index >= 15 is 0 Å². The molecule has 46 heavy (non-hydrogen) atoms. The Morgan fingerprint density at radius 2 is 1.39 bits per heavy atom. The molecule has 2 saturated heterocycles. The Labute approximate surface area is 264 Å². The monoisotopic (exact) mass is 654 g/mol. The SMILES string of the molecule is COc1cc(C2Oc3c(O[C@@H]4O[C@H](CO)[C@@H](O)[C@H](O)[C@H]4O)cc(CCCO)cc3C2CO)ccc1O[C@@H]1O[C@@H](C)[C@H](O)[C@@H](O)[C@H]1O. The minimum atomic E-state index is -1.67. The van der Waals surface area contributed by atoms with Crippen molar-refractivity contribution in [3.8, 4) is 23.0 Å². The van der Waals surface area contributed by atoms with Crippen LogP contribution >= 0.6 is 0 Å². The molecule has 2 unspecified atom stereocenters. The van der Waals surface area contributed by atoms with Crippen molar-refractivity contribution in [1.29, 1.82) is 0 Å². The number of rotatable bonds is 11. The van der Waals surface area contributed by atoms with Gasteiger partial charge in [0, 0.05) is 12.2 Å². The third-order valence-corrected chi connectivity index (χ3v) is 8.63. The molecular formula is C31H42O15. The van der Waals surface area contributed by atoms with Gasteiger partial charge in [0.1, 0.15) is 48.8 Å². The summed E-state index contributed by atoms with van der Waals surface area (Å²) in [5, 5.41) is 91.2. The summed E-state index contributed by atoms with van der Waals surface area (Å²) in [6, 6.07) is 8.27. The van der Waals surface area contributed by atoms with Crippen LogP contribution in [0.25, 0.3) is 0 Å². The number of fused-ring (bicyclic) bond motifs is 1. The minimum absolute atomic E-state index is 0.0713. The summed E-state index contributed by atoms with van der Waals surface area (Å²) in [5.41, 5.74) is 1.86. The Balaban J connectivity index is 1.44. The lowest BCUT2D eigenvalue weighted by Gasteiger charge is -2.39. The molecule has 3 aliphatic heterocycles. The van der Waals surface area contributed by atoms with Crippen LogP contribution in [-0.4, -0.2) is 134 Å². The van der Waals surface area contributed by atoms with Gasteiger partial charge >= 0.3 is 0 Å². The summed E-state index contributed by atoms with van der Waals surface area (Å²) in [6.07, 6.45) is -13.9. The Morgan fingerprint density at radius 1 is 0.717 bits per heavy atom. The zero-order valence-corrected chi connectivity index (χ0v) is 25.3. The summed E-state index contributed by atoms with van der Waals surface area (Å²) in [4.78, 5) is 0. The second-order valence-electron chi connectivity index (χ2n) is 11.7. The topological polar surface area (TPSA) is 237 Å². The van der Waals surface area contributed by atoms with Crippen molar-refractivity contribution in [2.75, 3.05) is 26.9 Å². The molecule has 15 nitrogen and oxygen atoms in total. The van der Waals surface area contributed by atoms with E-state index in [9.17, 15) is 46.0 Å². The molecule has 15 heteroatoms. The van der Waals surface area contributed by atoms with Gasteiger partial charge in [-0.15, -0.1) is 0 Å². The molecule has 2 aromatic carbocycles. The van der Waals surface area contributed by atoms with Crippen LogP contribution in [-0.2, 0) is 15.9 Å². The lowest BCUT2D eigenvalue weighted by Crippen LogP contribution is -2.60. The first kappa shape index (κ1) is 34.5. The van der Waals surface area contributed by atoms with Gasteiger partial charge in [0.25, 0.3) is 0 Å². The van der Waals surface area contributed by atoms with Crippen molar-refractivity contribution in [1.82, 2.24) is 0 Å². The third kappa shape index (κ3) is 6.63. The van der Waals surface area contributed by atoms with Crippen molar-refractivity contribution in [3.05, 3.63) is 47.0 Å². The maximum atomic E-state index is 10.6. The van der Waals surface area contributed by atoms with Gasteiger partial charge in [-0.1, -0.05) is 12.1 Å². The maximum absolute atomic E-state index is 10.6. The largest absolute Gasteiger partial charge is 0.493 e. The van der Waals surface area contributed by atoms with Gasteiger partial charge in [-0.25, -0.2) is 0 Å². The van der Waals surface area contributed by atoms with E-state index < -0.39 is 80.0 Å². The maximum Gasteiger partial charge on any atom is 0.229 e. The minimum Gasteiger partial charge on any atom is -0.493 e. The van der Waals surface area contributed by atoms with Crippen molar-refractivity contribution in [2.24, 2.45) is 0 Å². The van der Waals surface area contributed by atoms with Crippen LogP contribution in [0.1, 0.15) is 42.1 Å². The Bertz CT molecular complexity index is 1320. The number of hydrogen-bond acceptors (Lipinski definition) is 15. The molecule has 2 aromatic rings. The lowest BCUT2D eigenvalue weighted by atomic mass is 9.90. The zero-order valence-electron chi connectivity index (χ0n) is 25.3. The van der Waals surface area contributed by atoms with Gasteiger partial charge in [0.15, 0.2) is 23.0 Å². The Hall–Kier alpha value is -2.80. The van der Waals surface area contributed by atoms with Crippen molar-refractivity contribution >= 4 is 0 Å². The predicted molar refractivity (Wildman–Crippen MR) is 155 cm³/mol. The van der Waals surface area contributed by atoms with Crippen LogP contribution in [0, 0.1) is 0 Å². The first-order chi connectivity index (χ1) is 22.0. The molecule has 0 aromatic heterocycles. The van der Waals surface area contributed by atoms with E-state index in [-0.39, 0.29) is 36.2 Å². The highest BCUT2D eigenvalue weighted by molar-refractivity contribution is 5.56. The van der Waals surface area contributed by atoms with Gasteiger partial charge in [0.2, 0.25) is 12.6 Å². The number of aryl methyl sites for hydroxylation is 1. The molecule has 0 amide bonds. The first-order valence-corrected chi connectivity index (χ1v) is 15.1. The number of hydrogen-bond donors (Lipinski definition) is 9. The molecule has 9 N–H and O–H groups in total. The third-order valence-electron chi connectivity index (χ3n) is 8.63. The van der Waals surface area contributed by atoms with Crippen molar-refractivity contribution in [2.45, 2.75) is 93.2 Å². The van der Waals surface area contributed by atoms with Gasteiger partial charge in [-0.05, 0) is 49.1 Å². The molecular weight excluding hydrogens is 612 g/mol. The van der Waals surface area contributed by atoms with Gasteiger partial charge < -0.3 is 74.4 Å². The predicted octanol–water partition coefficient (Wildman–Crippen LogP) is -1.79. The van der Waals surface area contributed by atoms with E-state index in [2.05, 4.69) is 0 Å². The highest BCUT2D eigenvalue weighted by Gasteiger charge is 2.46. The molecule has 0 spiro atoms. The number of methoxy groups -OCH3 is 1. The van der Waals surface area contributed by atoms with E-state index in [4.69, 9.17) is 28.4 Å². The molecule has 0 saturated carbocycles. The summed E-state index contributed by atoms with van der Waals surface area (Å²) in [7, 11) is 1.40. The van der Waals surface area contributed by atoms with Crippen LogP contribution in [0.3, 0.4) is 0 Å². The van der Waals surface area contributed by atoms with E-state index in [1.165, 1.54) is 14.0 Å². The van der Waals surface area contributed by atoms with Crippen LogP contribution in [0.15, 0.2) is 30.3 Å². The number of aliphatic hydroxyl groups is 9. The normalized spacial score (nSPS) is 35.7. The molecule has 0 radical (unpaired) electrons. The lowest BCUT2D eigenvalue weighted by molar-refractivity contribution is -0.277. The first-order valence-electron chi connectivity index (χ1n) is 15.1. The van der Waals surface area contributed by atoms with Gasteiger partial charge in [-0.2, -0.15) is 0 Å². The molecule has 3 aliphatic rings. The highest BCUT2D eigenvalue weighted by atomic mass is 16.7. The summed E-state index contributed by atoms with van der Waals surface area (Å²) < 4.78 is 34.8. The standard InChI is InChI=1S/C31H42O15/c1-13-22(35)24(37)26(39)30(42-13)43-18-6-5-15(10-19(18)41-2)28-17(11-33)16-8-14(4-3-7-32)9-20(29(16)46-28)44-31-27(40)25(38)23(36)21(12-34)45-31/h5-6,8-10,13,17,21-28,30-40H,3-4,7,11-12H2,1-2H3/t13-,17?,21+,22-,23+,24+,25-,26+,27+,28?,30-,31+/m0/s1. The second kappa shape index (κ2) is 14.5. The fourth-order valence-corrected chi connectivity index (χ4v) is 5.95. The molecule has 3 heterocycles. The van der Waals surface area contributed by atoms with Crippen LogP contribution in [0.4, 0.5) is 0 Å². The van der Waals surface area contributed by atoms with Gasteiger partial charge in [0.05, 0.1) is 32.3 Å². The van der Waals surface area contributed by atoms with Crippen LogP contribution < -0.4 is 18.9 Å². The van der Waals surface area contributed by atoms with E-state index in [0.717, 1.165) is 5.56 Å². The highest BCUT2D eigenvalue weighted by Crippen LogP contribution is 2.52. The molecule has 12 atom stereocenters. The molecule has 0 bridgehead atoms. The Kier molecular flexibility index (Phi) is 10.9. The fraction of sp³-hybridized carbons (Fsp3) is 0.613. The smallest absolute Gasteiger partial charge is 0.229 e. The fourth-order valence-electron chi connectivity index (χ4n) is 5.95. The second-order valence-corrected chi connectivity index (χ2v) is 11.7. The Morgan fingerprint density at radius 3 is 2.04 bits per heavy atom.